The van der Waals surface area contributed by atoms with Crippen molar-refractivity contribution in [1.82, 2.24) is 14.8 Å². The quantitative estimate of drug-likeness (QED) is 0.483. The highest BCUT2D eigenvalue weighted by molar-refractivity contribution is 7.18. The molecule has 0 spiro atoms. The van der Waals surface area contributed by atoms with Gasteiger partial charge in [-0.1, -0.05) is 0 Å². The minimum atomic E-state index is -0.447. The summed E-state index contributed by atoms with van der Waals surface area (Å²) < 4.78 is 1.92. The lowest BCUT2D eigenvalue weighted by Gasteiger charge is -2.26. The Morgan fingerprint density at radius 2 is 2.30 bits per heavy atom. The largest absolute Gasteiger partial charge is 0.348 e. The van der Waals surface area contributed by atoms with Crippen LogP contribution in [0.15, 0.2) is 12.4 Å². The van der Waals surface area contributed by atoms with Crippen molar-refractivity contribution < 1.29 is 9.72 Å². The first kappa shape index (κ1) is 12.7. The molecule has 0 aromatic carbocycles. The Labute approximate surface area is 117 Å². The van der Waals surface area contributed by atoms with E-state index >= 15 is 0 Å². The van der Waals surface area contributed by atoms with Crippen LogP contribution in [0.5, 0.6) is 0 Å². The number of rotatable bonds is 3. The number of carbonyl (C=O) groups excluding carboxylic acids is 1. The summed E-state index contributed by atoms with van der Waals surface area (Å²) in [4.78, 5) is 24.4. The lowest BCUT2D eigenvalue weighted by atomic mass is 10.3. The number of anilines is 1. The molecule has 1 aliphatic rings. The van der Waals surface area contributed by atoms with Gasteiger partial charge in [-0.05, 0) is 6.92 Å². The van der Waals surface area contributed by atoms with Gasteiger partial charge in [-0.25, -0.2) is 0 Å². The van der Waals surface area contributed by atoms with Gasteiger partial charge < -0.3 is 9.47 Å². The molecule has 0 radical (unpaired) electrons. The summed E-state index contributed by atoms with van der Waals surface area (Å²) in [7, 11) is 0. The maximum absolute atomic E-state index is 11.4. The Morgan fingerprint density at radius 1 is 1.50 bits per heavy atom. The van der Waals surface area contributed by atoms with E-state index in [0.29, 0.717) is 29.5 Å². The van der Waals surface area contributed by atoms with E-state index in [1.807, 2.05) is 9.47 Å². The number of Topliss-reactive ketones (excluding diaryl/α,β-unsaturated/α-hetero) is 1. The van der Waals surface area contributed by atoms with Crippen molar-refractivity contribution in [3.8, 4) is 0 Å². The van der Waals surface area contributed by atoms with Crippen LogP contribution in [-0.2, 0) is 13.1 Å². The van der Waals surface area contributed by atoms with Crippen LogP contribution < -0.4 is 4.90 Å². The van der Waals surface area contributed by atoms with Crippen LogP contribution >= 0.6 is 11.3 Å². The minimum Gasteiger partial charge on any atom is -0.348 e. The van der Waals surface area contributed by atoms with Gasteiger partial charge in [0.2, 0.25) is 0 Å². The molecule has 0 bridgehead atoms. The zero-order valence-electron chi connectivity index (χ0n) is 10.6. The second kappa shape index (κ2) is 4.67. The van der Waals surface area contributed by atoms with Gasteiger partial charge in [-0.15, -0.1) is 21.5 Å². The van der Waals surface area contributed by atoms with Gasteiger partial charge >= 0.3 is 5.69 Å². The minimum absolute atomic E-state index is 0.0202. The van der Waals surface area contributed by atoms with Crippen molar-refractivity contribution in [3.63, 3.8) is 0 Å². The van der Waals surface area contributed by atoms with Crippen molar-refractivity contribution in [2.45, 2.75) is 20.0 Å². The summed E-state index contributed by atoms with van der Waals surface area (Å²) >= 11 is 1.16. The Balaban J connectivity index is 1.98. The number of aromatic nitrogens is 3. The summed E-state index contributed by atoms with van der Waals surface area (Å²) in [5, 5.41) is 19.5. The van der Waals surface area contributed by atoms with Crippen LogP contribution in [0.2, 0.25) is 0 Å². The van der Waals surface area contributed by atoms with Crippen LogP contribution in [0.4, 0.5) is 10.7 Å². The van der Waals surface area contributed by atoms with Crippen molar-refractivity contribution in [2.75, 3.05) is 11.4 Å². The van der Waals surface area contributed by atoms with Gasteiger partial charge in [0.25, 0.3) is 0 Å². The Hall–Kier alpha value is -2.29. The number of nitrogens with zero attached hydrogens (tertiary/aromatic N) is 5. The molecule has 0 saturated heterocycles. The SMILES string of the molecule is CC(=O)c1cc([N+](=O)[O-])c(N2CCn3cnnc3C2)s1. The molecular formula is C11H11N5O3S. The van der Waals surface area contributed by atoms with Crippen LogP contribution in [0.1, 0.15) is 22.4 Å². The maximum atomic E-state index is 11.4. The molecule has 104 valence electrons. The van der Waals surface area contributed by atoms with E-state index in [2.05, 4.69) is 10.2 Å². The first-order valence-corrected chi connectivity index (χ1v) is 6.78. The first-order valence-electron chi connectivity index (χ1n) is 5.97. The Bertz CT molecular complexity index is 692. The zero-order chi connectivity index (χ0) is 14.3. The molecule has 0 aliphatic carbocycles. The van der Waals surface area contributed by atoms with E-state index in [1.165, 1.54) is 13.0 Å². The van der Waals surface area contributed by atoms with Crippen LogP contribution in [-0.4, -0.2) is 32.0 Å². The molecule has 0 amide bonds. The van der Waals surface area contributed by atoms with Gasteiger partial charge in [-0.2, -0.15) is 0 Å². The summed E-state index contributed by atoms with van der Waals surface area (Å²) in [5.74, 6) is 0.604. The Kier molecular flexibility index (Phi) is 2.97. The predicted octanol–water partition coefficient (Wildman–Crippen LogP) is 1.47. The third-order valence-electron chi connectivity index (χ3n) is 3.16. The average molecular weight is 293 g/mol. The summed E-state index contributed by atoms with van der Waals surface area (Å²) in [5.41, 5.74) is -0.0202. The molecule has 20 heavy (non-hydrogen) atoms. The fourth-order valence-corrected chi connectivity index (χ4v) is 3.19. The van der Waals surface area contributed by atoms with E-state index in [-0.39, 0.29) is 11.5 Å². The predicted molar refractivity (Wildman–Crippen MR) is 72.0 cm³/mol. The first-order chi connectivity index (χ1) is 9.56. The standard InChI is InChI=1S/C11H11N5O3S/c1-7(17)9-4-8(16(18)19)11(20-9)14-2-3-15-6-12-13-10(15)5-14/h4,6H,2-3,5H2,1H3. The van der Waals surface area contributed by atoms with Gasteiger partial charge in [0, 0.05) is 19.2 Å². The lowest BCUT2D eigenvalue weighted by Crippen LogP contribution is -2.33. The van der Waals surface area contributed by atoms with Gasteiger partial charge in [-0.3, -0.25) is 14.9 Å². The molecule has 2 aromatic heterocycles. The van der Waals surface area contributed by atoms with Crippen LogP contribution in [0.25, 0.3) is 0 Å². The molecule has 0 fully saturated rings. The summed E-state index contributed by atoms with van der Waals surface area (Å²) in [6.07, 6.45) is 1.65. The zero-order valence-corrected chi connectivity index (χ0v) is 11.5. The number of fused-ring (bicyclic) bond motifs is 1. The number of thiophene rings is 1. The molecule has 3 heterocycles. The monoisotopic (exact) mass is 293 g/mol. The van der Waals surface area contributed by atoms with E-state index in [9.17, 15) is 14.9 Å². The van der Waals surface area contributed by atoms with Crippen molar-refractivity contribution >= 4 is 27.8 Å². The normalized spacial score (nSPS) is 14.2. The molecule has 1 aliphatic heterocycles. The van der Waals surface area contributed by atoms with Gasteiger partial charge in [0.1, 0.15) is 6.33 Å². The third kappa shape index (κ3) is 2.05. The highest BCUT2D eigenvalue weighted by Crippen LogP contribution is 2.39. The maximum Gasteiger partial charge on any atom is 0.304 e. The van der Waals surface area contributed by atoms with Crippen LogP contribution in [0, 0.1) is 10.1 Å². The van der Waals surface area contributed by atoms with Crippen molar-refractivity contribution in [2.24, 2.45) is 0 Å². The topological polar surface area (TPSA) is 94.2 Å². The number of nitro groups is 1. The van der Waals surface area contributed by atoms with E-state index in [4.69, 9.17) is 0 Å². The van der Waals surface area contributed by atoms with Crippen molar-refractivity contribution in [3.05, 3.63) is 33.2 Å². The van der Waals surface area contributed by atoms with E-state index < -0.39 is 4.92 Å². The molecule has 3 rings (SSSR count). The molecule has 0 saturated carbocycles. The van der Waals surface area contributed by atoms with E-state index in [0.717, 1.165) is 17.2 Å². The Morgan fingerprint density at radius 3 is 3.00 bits per heavy atom. The summed E-state index contributed by atoms with van der Waals surface area (Å²) in [6, 6.07) is 1.35. The third-order valence-corrected chi connectivity index (χ3v) is 4.45. The molecular weight excluding hydrogens is 282 g/mol. The molecule has 2 aromatic rings. The molecule has 8 nitrogen and oxygen atoms in total. The fourth-order valence-electron chi connectivity index (χ4n) is 2.14. The fraction of sp³-hybridized carbons (Fsp3) is 0.364. The summed E-state index contributed by atoms with van der Waals surface area (Å²) in [6.45, 7) is 3.17. The molecule has 0 unspecified atom stereocenters. The second-order valence-electron chi connectivity index (χ2n) is 4.48. The van der Waals surface area contributed by atoms with Crippen LogP contribution in [0.3, 0.4) is 0 Å². The van der Waals surface area contributed by atoms with Gasteiger partial charge in [0.05, 0.1) is 16.3 Å². The van der Waals surface area contributed by atoms with E-state index in [1.54, 1.807) is 6.33 Å². The number of hydrogen-bond acceptors (Lipinski definition) is 7. The number of ketones is 1. The van der Waals surface area contributed by atoms with Crippen molar-refractivity contribution in [1.29, 1.82) is 0 Å². The van der Waals surface area contributed by atoms with Gasteiger partial charge in [0.15, 0.2) is 16.6 Å². The molecule has 9 heteroatoms. The average Bonchev–Trinajstić information content (AvgIpc) is 3.04. The molecule has 0 atom stereocenters. The smallest absolute Gasteiger partial charge is 0.304 e. The number of carbonyl (C=O) groups is 1. The highest BCUT2D eigenvalue weighted by atomic mass is 32.1. The lowest BCUT2D eigenvalue weighted by molar-refractivity contribution is -0.383. The second-order valence-corrected chi connectivity index (χ2v) is 5.51. The highest BCUT2D eigenvalue weighted by Gasteiger charge is 2.28. The number of hydrogen-bond donors (Lipinski definition) is 0. The molecule has 0 N–H and O–H groups in total.